The molecule has 0 aliphatic heterocycles. The first kappa shape index (κ1) is 11.7. The van der Waals surface area contributed by atoms with E-state index < -0.39 is 5.97 Å². The molecule has 80 valence electrons. The normalized spacial score (nSPS) is 11.3. The summed E-state index contributed by atoms with van der Waals surface area (Å²) in [6.45, 7) is 1.46. The molecule has 0 aliphatic rings. The molecule has 0 bridgehead atoms. The van der Waals surface area contributed by atoms with Crippen LogP contribution in [0.1, 0.15) is 17.3 Å². The van der Waals surface area contributed by atoms with Crippen LogP contribution in [0.2, 0.25) is 10.3 Å². The molecular weight excluding hydrogens is 243 g/mol. The molecule has 0 aliphatic carbocycles. The number of carbonyl (C=O) groups is 1. The van der Waals surface area contributed by atoms with Crippen LogP contribution in [0, 0.1) is 0 Å². The van der Waals surface area contributed by atoms with Gasteiger partial charge in [0.15, 0.2) is 0 Å². The number of hydrogen-bond acceptors (Lipinski definition) is 5. The molecule has 2 N–H and O–H groups in total. The lowest BCUT2D eigenvalue weighted by atomic mass is 10.3. The summed E-state index contributed by atoms with van der Waals surface area (Å²) < 4.78 is 0. The van der Waals surface area contributed by atoms with E-state index in [2.05, 4.69) is 20.0 Å². The quantitative estimate of drug-likeness (QED) is 0.280. The first-order valence-electron chi connectivity index (χ1n) is 3.69. The lowest BCUT2D eigenvalue weighted by Crippen LogP contribution is -2.10. The van der Waals surface area contributed by atoms with Gasteiger partial charge in [-0.2, -0.15) is 0 Å². The third-order valence-electron chi connectivity index (χ3n) is 1.23. The van der Waals surface area contributed by atoms with E-state index in [9.17, 15) is 4.79 Å². The summed E-state index contributed by atoms with van der Waals surface area (Å²) in [6, 6.07) is 0. The Labute approximate surface area is 95.0 Å². The van der Waals surface area contributed by atoms with Crippen molar-refractivity contribution in [2.24, 2.45) is 10.9 Å². The average Bonchev–Trinajstić information content (AvgIpc) is 2.14. The molecule has 1 aromatic rings. The molecule has 1 rings (SSSR count). The van der Waals surface area contributed by atoms with Gasteiger partial charge in [-0.3, -0.25) is 0 Å². The minimum atomic E-state index is -0.865. The van der Waals surface area contributed by atoms with Crippen molar-refractivity contribution in [2.75, 3.05) is 0 Å². The molecule has 1 aromatic heterocycles. The number of nitrogens with two attached hydrogens (primary N) is 1. The highest BCUT2D eigenvalue weighted by molar-refractivity contribution is 6.37. The number of amidine groups is 1. The van der Waals surface area contributed by atoms with Gasteiger partial charge < -0.3 is 10.6 Å². The number of nitrogens with zero attached hydrogens (tertiary/aromatic N) is 3. The van der Waals surface area contributed by atoms with Gasteiger partial charge in [0.2, 0.25) is 0 Å². The number of oxime groups is 1. The van der Waals surface area contributed by atoms with Crippen molar-refractivity contribution in [2.45, 2.75) is 6.92 Å². The van der Waals surface area contributed by atoms with Gasteiger partial charge in [-0.05, 0) is 6.92 Å². The Morgan fingerprint density at radius 1 is 1.47 bits per heavy atom. The molecule has 0 radical (unpaired) electrons. The number of aromatic nitrogens is 2. The van der Waals surface area contributed by atoms with Gasteiger partial charge >= 0.3 is 5.97 Å². The lowest BCUT2D eigenvalue weighted by molar-refractivity contribution is 0.0515. The Morgan fingerprint density at radius 2 is 2.00 bits per heavy atom. The molecule has 15 heavy (non-hydrogen) atoms. The second-order valence-corrected chi connectivity index (χ2v) is 3.16. The van der Waals surface area contributed by atoms with E-state index in [1.807, 2.05) is 0 Å². The van der Waals surface area contributed by atoms with Crippen molar-refractivity contribution >= 4 is 35.0 Å². The highest BCUT2D eigenvalue weighted by Gasteiger charge is 2.18. The standard InChI is InChI=1S/C7H6Cl2N4O2/c1-3(10)13-15-7(14)4-5(8)11-2-12-6(4)9/h2H,1H3,(H2,10,13). The van der Waals surface area contributed by atoms with Gasteiger partial charge in [-0.15, -0.1) is 0 Å². The Balaban J connectivity index is 2.96. The Morgan fingerprint density at radius 3 is 2.47 bits per heavy atom. The highest BCUT2D eigenvalue weighted by Crippen LogP contribution is 2.20. The van der Waals surface area contributed by atoms with Gasteiger partial charge in [-0.1, -0.05) is 28.4 Å². The molecule has 0 atom stereocenters. The van der Waals surface area contributed by atoms with Gasteiger partial charge in [0, 0.05) is 0 Å². The molecule has 0 aromatic carbocycles. The van der Waals surface area contributed by atoms with Crippen LogP contribution in [0.4, 0.5) is 0 Å². The van der Waals surface area contributed by atoms with Crippen LogP contribution in [0.25, 0.3) is 0 Å². The van der Waals surface area contributed by atoms with Crippen molar-refractivity contribution in [3.8, 4) is 0 Å². The topological polar surface area (TPSA) is 90.5 Å². The van der Waals surface area contributed by atoms with Crippen molar-refractivity contribution in [3.63, 3.8) is 0 Å². The van der Waals surface area contributed by atoms with Crippen LogP contribution >= 0.6 is 23.2 Å². The van der Waals surface area contributed by atoms with Crippen LogP contribution in [0.15, 0.2) is 11.5 Å². The number of carbonyl (C=O) groups excluding carboxylic acids is 1. The number of hydrogen-bond donors (Lipinski definition) is 1. The van der Waals surface area contributed by atoms with Crippen LogP contribution in [0.3, 0.4) is 0 Å². The fourth-order valence-corrected chi connectivity index (χ4v) is 1.14. The first-order valence-corrected chi connectivity index (χ1v) is 4.45. The zero-order valence-electron chi connectivity index (χ0n) is 7.57. The van der Waals surface area contributed by atoms with Crippen molar-refractivity contribution < 1.29 is 9.63 Å². The maximum Gasteiger partial charge on any atom is 0.372 e. The molecule has 0 saturated heterocycles. The second kappa shape index (κ2) is 4.90. The van der Waals surface area contributed by atoms with Crippen LogP contribution in [-0.2, 0) is 4.84 Å². The summed E-state index contributed by atoms with van der Waals surface area (Å²) in [5.41, 5.74) is 5.02. The zero-order valence-corrected chi connectivity index (χ0v) is 9.08. The minimum Gasteiger partial charge on any atom is -0.385 e. The number of halogens is 2. The number of rotatable bonds is 2. The van der Waals surface area contributed by atoms with E-state index in [4.69, 9.17) is 28.9 Å². The van der Waals surface area contributed by atoms with Gasteiger partial charge in [0.05, 0.1) is 0 Å². The fraction of sp³-hybridized carbons (Fsp3) is 0.143. The Hall–Kier alpha value is -1.40. The third-order valence-corrected chi connectivity index (χ3v) is 1.80. The molecule has 8 heteroatoms. The molecular formula is C7H6Cl2N4O2. The maximum atomic E-state index is 11.4. The Kier molecular flexibility index (Phi) is 3.81. The smallest absolute Gasteiger partial charge is 0.372 e. The van der Waals surface area contributed by atoms with E-state index in [0.29, 0.717) is 0 Å². The Bertz CT molecular complexity index is 397. The van der Waals surface area contributed by atoms with Crippen LogP contribution < -0.4 is 5.73 Å². The van der Waals surface area contributed by atoms with Crippen molar-refractivity contribution in [3.05, 3.63) is 22.2 Å². The summed E-state index contributed by atoms with van der Waals surface area (Å²) in [5, 5.41) is 3.04. The molecule has 0 saturated carbocycles. The largest absolute Gasteiger partial charge is 0.385 e. The predicted molar refractivity (Wildman–Crippen MR) is 54.8 cm³/mol. The summed E-state index contributed by atoms with van der Waals surface area (Å²) in [4.78, 5) is 22.9. The fourth-order valence-electron chi connectivity index (χ4n) is 0.672. The van der Waals surface area contributed by atoms with Crippen molar-refractivity contribution in [1.82, 2.24) is 9.97 Å². The summed E-state index contributed by atoms with van der Waals surface area (Å²) >= 11 is 11.2. The van der Waals surface area contributed by atoms with Gasteiger partial charge in [-0.25, -0.2) is 14.8 Å². The molecule has 6 nitrogen and oxygen atoms in total. The average molecular weight is 249 g/mol. The van der Waals surface area contributed by atoms with E-state index in [0.717, 1.165) is 6.33 Å². The van der Waals surface area contributed by atoms with E-state index in [-0.39, 0.29) is 21.7 Å². The third kappa shape index (κ3) is 3.03. The first-order chi connectivity index (χ1) is 7.02. The van der Waals surface area contributed by atoms with Crippen LogP contribution in [-0.4, -0.2) is 21.8 Å². The SMILES string of the molecule is C/C(N)=N\OC(=O)c1c(Cl)ncnc1Cl. The minimum absolute atomic E-state index is 0.0902. The zero-order chi connectivity index (χ0) is 11.4. The van der Waals surface area contributed by atoms with E-state index >= 15 is 0 Å². The second-order valence-electron chi connectivity index (χ2n) is 2.44. The molecule has 0 amide bonds. The van der Waals surface area contributed by atoms with Gasteiger partial charge in [0.25, 0.3) is 0 Å². The lowest BCUT2D eigenvalue weighted by Gasteiger charge is -2.01. The monoisotopic (exact) mass is 248 g/mol. The summed E-state index contributed by atoms with van der Waals surface area (Å²) in [5.74, 6) is -0.775. The summed E-state index contributed by atoms with van der Waals surface area (Å²) in [6.07, 6.45) is 1.12. The van der Waals surface area contributed by atoms with Crippen molar-refractivity contribution in [1.29, 1.82) is 0 Å². The predicted octanol–water partition coefficient (Wildman–Crippen LogP) is 1.23. The molecule has 0 spiro atoms. The van der Waals surface area contributed by atoms with E-state index in [1.54, 1.807) is 0 Å². The van der Waals surface area contributed by atoms with E-state index in [1.165, 1.54) is 6.92 Å². The van der Waals surface area contributed by atoms with Crippen LogP contribution in [0.5, 0.6) is 0 Å². The van der Waals surface area contributed by atoms with Gasteiger partial charge in [0.1, 0.15) is 28.0 Å². The summed E-state index contributed by atoms with van der Waals surface area (Å²) in [7, 11) is 0. The molecule has 0 unspecified atom stereocenters. The molecule has 1 heterocycles. The molecule has 0 fully saturated rings. The maximum absolute atomic E-state index is 11.4. The highest BCUT2D eigenvalue weighted by atomic mass is 35.5.